The molecule has 0 saturated heterocycles. The van der Waals surface area contributed by atoms with Gasteiger partial charge in [-0.1, -0.05) is 38.4 Å². The van der Waals surface area contributed by atoms with Gasteiger partial charge in [0, 0.05) is 12.5 Å². The summed E-state index contributed by atoms with van der Waals surface area (Å²) >= 11 is 6.49. The minimum absolute atomic E-state index is 0.206. The minimum Gasteiger partial charge on any atom is -0.462 e. The molecule has 0 fully saturated rings. The van der Waals surface area contributed by atoms with Gasteiger partial charge in [0.2, 0.25) is 0 Å². The van der Waals surface area contributed by atoms with Crippen LogP contribution in [0.4, 0.5) is 0 Å². The Bertz CT molecular complexity index is 123. The highest BCUT2D eigenvalue weighted by molar-refractivity contribution is 9.24. The van der Waals surface area contributed by atoms with Gasteiger partial charge in [-0.25, -0.2) is 4.79 Å². The molecule has 0 aliphatic heterocycles. The average molecular weight is 272 g/mol. The van der Waals surface area contributed by atoms with E-state index in [9.17, 15) is 4.79 Å². The van der Waals surface area contributed by atoms with E-state index in [1.54, 1.807) is 0 Å². The molecule has 0 saturated carbocycles. The van der Waals surface area contributed by atoms with Crippen molar-refractivity contribution in [3.63, 3.8) is 0 Å². The molecule has 0 heterocycles. The van der Waals surface area contributed by atoms with E-state index < -0.39 is 0 Å². The Labute approximate surface area is 76.9 Å². The standard InChI is InChI=1S/C6H8Br2O2/c1-2-6(9)10-4-3-5(7)8/h2,5H,1,3-4H2. The third kappa shape index (κ3) is 6.29. The zero-order valence-electron chi connectivity index (χ0n) is 5.35. The normalized spacial score (nSPS) is 9.50. The fourth-order valence-corrected chi connectivity index (χ4v) is 0.681. The van der Waals surface area contributed by atoms with Crippen LogP contribution in [0, 0.1) is 0 Å². The zero-order chi connectivity index (χ0) is 7.98. The first-order valence-electron chi connectivity index (χ1n) is 2.74. The lowest BCUT2D eigenvalue weighted by atomic mass is 10.5. The van der Waals surface area contributed by atoms with Crippen molar-refractivity contribution >= 4 is 37.8 Å². The van der Waals surface area contributed by atoms with Crippen molar-refractivity contribution in [3.05, 3.63) is 12.7 Å². The van der Waals surface area contributed by atoms with Gasteiger partial charge in [-0.3, -0.25) is 0 Å². The summed E-state index contributed by atoms with van der Waals surface area (Å²) in [4.78, 5) is 10.4. The molecule has 0 atom stereocenters. The van der Waals surface area contributed by atoms with Crippen LogP contribution in [0.3, 0.4) is 0 Å². The molecule has 0 aromatic rings. The smallest absolute Gasteiger partial charge is 0.330 e. The topological polar surface area (TPSA) is 26.3 Å². The number of carbonyl (C=O) groups excluding carboxylic acids is 1. The molecule has 0 aliphatic rings. The lowest BCUT2D eigenvalue weighted by Gasteiger charge is -2.01. The number of esters is 1. The molecule has 58 valence electrons. The molecular weight excluding hydrogens is 264 g/mol. The number of ether oxygens (including phenoxy) is 1. The van der Waals surface area contributed by atoms with Crippen LogP contribution < -0.4 is 0 Å². The van der Waals surface area contributed by atoms with E-state index in [0.29, 0.717) is 6.61 Å². The monoisotopic (exact) mass is 270 g/mol. The van der Waals surface area contributed by atoms with Crippen LogP contribution in [-0.2, 0) is 9.53 Å². The van der Waals surface area contributed by atoms with Crippen LogP contribution >= 0.6 is 31.9 Å². The first-order valence-corrected chi connectivity index (χ1v) is 4.57. The van der Waals surface area contributed by atoms with E-state index in [4.69, 9.17) is 0 Å². The van der Waals surface area contributed by atoms with E-state index in [1.165, 1.54) is 0 Å². The van der Waals surface area contributed by atoms with Gasteiger partial charge in [0.25, 0.3) is 0 Å². The molecule has 0 aromatic carbocycles. The molecule has 0 rings (SSSR count). The molecule has 4 heteroatoms. The highest BCUT2D eigenvalue weighted by Gasteiger charge is 1.99. The second kappa shape index (κ2) is 5.92. The summed E-state index contributed by atoms with van der Waals surface area (Å²) < 4.78 is 4.89. The van der Waals surface area contributed by atoms with Crippen molar-refractivity contribution in [1.29, 1.82) is 0 Å². The predicted octanol–water partition coefficient (Wildman–Crippen LogP) is 2.22. The number of halogens is 2. The van der Waals surface area contributed by atoms with E-state index in [2.05, 4.69) is 43.2 Å². The van der Waals surface area contributed by atoms with E-state index in [-0.39, 0.29) is 9.71 Å². The number of carbonyl (C=O) groups is 1. The predicted molar refractivity (Wildman–Crippen MR) is 47.4 cm³/mol. The molecule has 0 spiro atoms. The maximum atomic E-state index is 10.4. The van der Waals surface area contributed by atoms with Gasteiger partial charge < -0.3 is 4.74 Å². The largest absolute Gasteiger partial charge is 0.462 e. The number of hydrogen-bond donors (Lipinski definition) is 0. The molecular formula is C6H8Br2O2. The molecule has 0 radical (unpaired) electrons. The Morgan fingerprint density at radius 3 is 2.70 bits per heavy atom. The van der Waals surface area contributed by atoms with Gasteiger partial charge in [0.05, 0.1) is 10.3 Å². The quantitative estimate of drug-likeness (QED) is 0.445. The third-order valence-electron chi connectivity index (χ3n) is 0.747. The van der Waals surface area contributed by atoms with Crippen molar-refractivity contribution in [3.8, 4) is 0 Å². The van der Waals surface area contributed by atoms with Gasteiger partial charge in [-0.05, 0) is 0 Å². The van der Waals surface area contributed by atoms with Crippen LogP contribution in [0.2, 0.25) is 0 Å². The summed E-state index contributed by atoms with van der Waals surface area (Å²) in [7, 11) is 0. The lowest BCUT2D eigenvalue weighted by molar-refractivity contribution is -0.137. The molecule has 10 heavy (non-hydrogen) atoms. The second-order valence-electron chi connectivity index (χ2n) is 1.55. The molecule has 0 aromatic heterocycles. The van der Waals surface area contributed by atoms with Gasteiger partial charge in [-0.2, -0.15) is 0 Å². The number of alkyl halides is 2. The average Bonchev–Trinajstić information content (AvgIpc) is 1.87. The highest BCUT2D eigenvalue weighted by Crippen LogP contribution is 2.11. The Kier molecular flexibility index (Phi) is 6.02. The van der Waals surface area contributed by atoms with Crippen molar-refractivity contribution in [1.82, 2.24) is 0 Å². The Balaban J connectivity index is 3.19. The molecule has 2 nitrogen and oxygen atoms in total. The molecule has 0 amide bonds. The van der Waals surface area contributed by atoms with Gasteiger partial charge in [-0.15, -0.1) is 0 Å². The maximum absolute atomic E-state index is 10.4. The van der Waals surface area contributed by atoms with Crippen molar-refractivity contribution in [2.45, 2.75) is 10.2 Å². The van der Waals surface area contributed by atoms with E-state index >= 15 is 0 Å². The number of rotatable bonds is 4. The van der Waals surface area contributed by atoms with E-state index in [0.717, 1.165) is 12.5 Å². The van der Waals surface area contributed by atoms with Crippen LogP contribution in [0.15, 0.2) is 12.7 Å². The molecule has 0 unspecified atom stereocenters. The summed E-state index contributed by atoms with van der Waals surface area (Å²) in [5.41, 5.74) is 0. The third-order valence-corrected chi connectivity index (χ3v) is 1.66. The van der Waals surface area contributed by atoms with Crippen molar-refractivity contribution < 1.29 is 9.53 Å². The highest BCUT2D eigenvalue weighted by atomic mass is 79.9. The van der Waals surface area contributed by atoms with Gasteiger partial charge in [0.15, 0.2) is 0 Å². The maximum Gasteiger partial charge on any atom is 0.330 e. The molecule has 0 N–H and O–H groups in total. The lowest BCUT2D eigenvalue weighted by Crippen LogP contribution is -2.03. The molecule has 0 aliphatic carbocycles. The zero-order valence-corrected chi connectivity index (χ0v) is 8.52. The Morgan fingerprint density at radius 2 is 2.30 bits per heavy atom. The van der Waals surface area contributed by atoms with Crippen LogP contribution in [0.1, 0.15) is 6.42 Å². The van der Waals surface area contributed by atoms with Crippen molar-refractivity contribution in [2.75, 3.05) is 6.61 Å². The summed E-state index contributed by atoms with van der Waals surface area (Å²) in [6.07, 6.45) is 1.90. The van der Waals surface area contributed by atoms with Crippen LogP contribution in [0.5, 0.6) is 0 Å². The summed E-state index contributed by atoms with van der Waals surface area (Å²) in [6.45, 7) is 3.67. The Morgan fingerprint density at radius 1 is 1.70 bits per heavy atom. The first-order chi connectivity index (χ1) is 4.66. The minimum atomic E-state index is -0.374. The fourth-order valence-electron chi connectivity index (χ4n) is 0.308. The summed E-state index contributed by atoms with van der Waals surface area (Å²) in [5.74, 6) is -0.374. The fraction of sp³-hybridized carbons (Fsp3) is 0.500. The van der Waals surface area contributed by atoms with Crippen molar-refractivity contribution in [2.24, 2.45) is 0 Å². The Hall–Kier alpha value is 0.170. The summed E-state index contributed by atoms with van der Waals surface area (Å²) in [5, 5.41) is 0. The van der Waals surface area contributed by atoms with Gasteiger partial charge >= 0.3 is 5.97 Å². The van der Waals surface area contributed by atoms with E-state index in [1.807, 2.05) is 0 Å². The number of hydrogen-bond acceptors (Lipinski definition) is 2. The first kappa shape index (κ1) is 10.2. The van der Waals surface area contributed by atoms with Gasteiger partial charge in [0.1, 0.15) is 0 Å². The second-order valence-corrected chi connectivity index (χ2v) is 4.99. The SMILES string of the molecule is C=CC(=O)OCCC(Br)Br. The van der Waals surface area contributed by atoms with Crippen LogP contribution in [0.25, 0.3) is 0 Å². The molecule has 0 bridgehead atoms. The van der Waals surface area contributed by atoms with Crippen LogP contribution in [-0.4, -0.2) is 16.3 Å². The summed E-state index contributed by atoms with van der Waals surface area (Å²) in [6, 6.07) is 0.